The molecule has 1 aliphatic carbocycles. The standard InChI is InChI=1S/C23H29N3O3S/c1-2-25(20-9-4-3-5-10-20)16-14-24-30(28,29)21-11-12-22-19(17-21)13-15-26(22)23(27)18-7-6-8-18/h3-5,9-12,17-18,24H,2,6-8,13-16H2,1H3. The molecule has 0 atom stereocenters. The van der Waals surface area contributed by atoms with Crippen LogP contribution in [0.2, 0.25) is 0 Å². The van der Waals surface area contributed by atoms with Crippen molar-refractivity contribution in [2.75, 3.05) is 36.0 Å². The molecule has 0 bridgehead atoms. The Morgan fingerprint density at radius 3 is 2.60 bits per heavy atom. The van der Waals surface area contributed by atoms with E-state index in [0.29, 0.717) is 26.1 Å². The van der Waals surface area contributed by atoms with Crippen molar-refractivity contribution in [3.05, 3.63) is 54.1 Å². The topological polar surface area (TPSA) is 69.7 Å². The van der Waals surface area contributed by atoms with Gasteiger partial charge in [-0.15, -0.1) is 0 Å². The van der Waals surface area contributed by atoms with E-state index < -0.39 is 10.0 Å². The summed E-state index contributed by atoms with van der Waals surface area (Å²) in [5, 5.41) is 0. The summed E-state index contributed by atoms with van der Waals surface area (Å²) in [6.07, 6.45) is 3.77. The maximum absolute atomic E-state index is 12.8. The molecule has 7 heteroatoms. The van der Waals surface area contributed by atoms with Gasteiger partial charge in [0.15, 0.2) is 0 Å². The number of nitrogens with zero attached hydrogens (tertiary/aromatic N) is 2. The number of amides is 1. The van der Waals surface area contributed by atoms with Crippen LogP contribution in [0.3, 0.4) is 0 Å². The average molecular weight is 428 g/mol. The Hall–Kier alpha value is -2.38. The number of rotatable bonds is 8. The van der Waals surface area contributed by atoms with Crippen molar-refractivity contribution in [2.24, 2.45) is 5.92 Å². The Kier molecular flexibility index (Phi) is 6.11. The SMILES string of the molecule is CCN(CCNS(=O)(=O)c1ccc2c(c1)CCN2C(=O)C1CCC1)c1ccccc1. The van der Waals surface area contributed by atoms with E-state index in [1.54, 1.807) is 18.2 Å². The molecule has 30 heavy (non-hydrogen) atoms. The fraction of sp³-hybridized carbons (Fsp3) is 0.435. The number of sulfonamides is 1. The van der Waals surface area contributed by atoms with Crippen molar-refractivity contribution in [1.82, 2.24) is 4.72 Å². The van der Waals surface area contributed by atoms with E-state index in [0.717, 1.165) is 42.7 Å². The van der Waals surface area contributed by atoms with Crippen LogP contribution >= 0.6 is 0 Å². The number of anilines is 2. The van der Waals surface area contributed by atoms with Gasteiger partial charge in [-0.2, -0.15) is 0 Å². The second-order valence-electron chi connectivity index (χ2n) is 7.97. The van der Waals surface area contributed by atoms with E-state index in [2.05, 4.69) is 16.5 Å². The lowest BCUT2D eigenvalue weighted by molar-refractivity contribution is -0.124. The lowest BCUT2D eigenvalue weighted by atomic mass is 9.84. The molecule has 2 aromatic carbocycles. The normalized spacial score (nSPS) is 16.2. The number of benzene rings is 2. The summed E-state index contributed by atoms with van der Waals surface area (Å²) < 4.78 is 28.3. The van der Waals surface area contributed by atoms with Crippen LogP contribution < -0.4 is 14.5 Å². The number of nitrogens with one attached hydrogen (secondary N) is 1. The number of carbonyl (C=O) groups is 1. The van der Waals surface area contributed by atoms with Gasteiger partial charge in [0.25, 0.3) is 0 Å². The predicted molar refractivity (Wildman–Crippen MR) is 119 cm³/mol. The molecule has 1 aliphatic heterocycles. The van der Waals surface area contributed by atoms with Gasteiger partial charge in [-0.25, -0.2) is 13.1 Å². The Morgan fingerprint density at radius 1 is 1.17 bits per heavy atom. The predicted octanol–water partition coefficient (Wildman–Crippen LogP) is 3.18. The van der Waals surface area contributed by atoms with Gasteiger partial charge in [-0.1, -0.05) is 24.6 Å². The molecule has 1 saturated carbocycles. The Bertz CT molecular complexity index is 1000. The molecule has 1 fully saturated rings. The largest absolute Gasteiger partial charge is 0.370 e. The van der Waals surface area contributed by atoms with Gasteiger partial charge >= 0.3 is 0 Å². The first-order valence-corrected chi connectivity index (χ1v) is 12.2. The minimum atomic E-state index is -3.60. The molecule has 160 valence electrons. The third kappa shape index (κ3) is 4.23. The van der Waals surface area contributed by atoms with Gasteiger partial charge in [-0.05, 0) is 62.1 Å². The van der Waals surface area contributed by atoms with E-state index in [4.69, 9.17) is 0 Å². The van der Waals surface area contributed by atoms with Crippen molar-refractivity contribution in [1.29, 1.82) is 0 Å². The zero-order valence-corrected chi connectivity index (χ0v) is 18.2. The molecule has 0 radical (unpaired) electrons. The van der Waals surface area contributed by atoms with Crippen LogP contribution in [0.15, 0.2) is 53.4 Å². The number of para-hydroxylation sites is 1. The van der Waals surface area contributed by atoms with E-state index in [1.165, 1.54) is 0 Å². The smallest absolute Gasteiger partial charge is 0.240 e. The van der Waals surface area contributed by atoms with Crippen molar-refractivity contribution in [2.45, 2.75) is 37.5 Å². The highest BCUT2D eigenvalue weighted by Gasteiger charge is 2.33. The van der Waals surface area contributed by atoms with Crippen molar-refractivity contribution >= 4 is 27.3 Å². The number of likely N-dealkylation sites (N-methyl/N-ethyl adjacent to an activating group) is 1. The van der Waals surface area contributed by atoms with Crippen LogP contribution in [0.4, 0.5) is 11.4 Å². The molecule has 0 unspecified atom stereocenters. The number of fused-ring (bicyclic) bond motifs is 1. The fourth-order valence-electron chi connectivity index (χ4n) is 4.16. The van der Waals surface area contributed by atoms with Crippen molar-refractivity contribution in [3.63, 3.8) is 0 Å². The summed E-state index contributed by atoms with van der Waals surface area (Å²) in [7, 11) is -3.60. The van der Waals surface area contributed by atoms with Crippen LogP contribution in [-0.2, 0) is 21.2 Å². The molecule has 0 saturated heterocycles. The van der Waals surface area contributed by atoms with E-state index >= 15 is 0 Å². The molecular weight excluding hydrogens is 398 g/mol. The second kappa shape index (κ2) is 8.78. The zero-order valence-electron chi connectivity index (χ0n) is 17.4. The highest BCUT2D eigenvalue weighted by molar-refractivity contribution is 7.89. The summed E-state index contributed by atoms with van der Waals surface area (Å²) in [6.45, 7) is 4.42. The quantitative estimate of drug-likeness (QED) is 0.703. The zero-order chi connectivity index (χ0) is 21.1. The van der Waals surface area contributed by atoms with Crippen LogP contribution in [0, 0.1) is 5.92 Å². The lowest BCUT2D eigenvalue weighted by Gasteiger charge is -2.29. The molecular formula is C23H29N3O3S. The molecule has 1 heterocycles. The maximum Gasteiger partial charge on any atom is 0.240 e. The van der Waals surface area contributed by atoms with Gasteiger partial charge < -0.3 is 9.80 Å². The molecule has 4 rings (SSSR count). The first-order chi connectivity index (χ1) is 14.5. The molecule has 1 amide bonds. The first kappa shape index (κ1) is 20.9. The minimum Gasteiger partial charge on any atom is -0.370 e. The van der Waals surface area contributed by atoms with Crippen molar-refractivity contribution in [3.8, 4) is 0 Å². The minimum absolute atomic E-state index is 0.146. The van der Waals surface area contributed by atoms with E-state index in [-0.39, 0.29) is 16.7 Å². The maximum atomic E-state index is 12.8. The monoisotopic (exact) mass is 427 g/mol. The van der Waals surface area contributed by atoms with Gasteiger partial charge in [0.2, 0.25) is 15.9 Å². The first-order valence-electron chi connectivity index (χ1n) is 10.7. The van der Waals surface area contributed by atoms with Gasteiger partial charge in [0, 0.05) is 43.5 Å². The summed E-state index contributed by atoms with van der Waals surface area (Å²) in [4.78, 5) is 16.8. The number of hydrogen-bond donors (Lipinski definition) is 1. The van der Waals surface area contributed by atoms with Crippen molar-refractivity contribution < 1.29 is 13.2 Å². The Labute approximate surface area is 178 Å². The summed E-state index contributed by atoms with van der Waals surface area (Å²) in [5.41, 5.74) is 2.88. The molecule has 0 spiro atoms. The Morgan fingerprint density at radius 2 is 1.93 bits per heavy atom. The van der Waals surface area contributed by atoms with Gasteiger partial charge in [0.1, 0.15) is 0 Å². The van der Waals surface area contributed by atoms with Gasteiger partial charge in [-0.3, -0.25) is 4.79 Å². The van der Waals surface area contributed by atoms with Crippen LogP contribution in [0.5, 0.6) is 0 Å². The average Bonchev–Trinajstić information content (AvgIpc) is 3.14. The van der Waals surface area contributed by atoms with E-state index in [1.807, 2.05) is 35.2 Å². The molecule has 1 N–H and O–H groups in total. The van der Waals surface area contributed by atoms with Crippen LogP contribution in [0.25, 0.3) is 0 Å². The number of hydrogen-bond acceptors (Lipinski definition) is 4. The third-order valence-corrected chi connectivity index (χ3v) is 7.61. The highest BCUT2D eigenvalue weighted by Crippen LogP contribution is 2.35. The fourth-order valence-corrected chi connectivity index (χ4v) is 5.23. The second-order valence-corrected chi connectivity index (χ2v) is 9.74. The van der Waals surface area contributed by atoms with Crippen LogP contribution in [0.1, 0.15) is 31.7 Å². The molecule has 0 aromatic heterocycles. The number of carbonyl (C=O) groups excluding carboxylic acids is 1. The molecule has 2 aliphatic rings. The summed E-state index contributed by atoms with van der Waals surface area (Å²) >= 11 is 0. The van der Waals surface area contributed by atoms with Gasteiger partial charge in [0.05, 0.1) is 4.90 Å². The third-order valence-electron chi connectivity index (χ3n) is 6.15. The summed E-state index contributed by atoms with van der Waals surface area (Å²) in [5.74, 6) is 0.335. The van der Waals surface area contributed by atoms with Crippen LogP contribution in [-0.4, -0.2) is 40.5 Å². The summed E-state index contributed by atoms with van der Waals surface area (Å²) in [6, 6.07) is 15.1. The molecule has 6 nitrogen and oxygen atoms in total. The molecule has 2 aromatic rings. The van der Waals surface area contributed by atoms with E-state index in [9.17, 15) is 13.2 Å². The highest BCUT2D eigenvalue weighted by atomic mass is 32.2. The Balaban J connectivity index is 1.40. The lowest BCUT2D eigenvalue weighted by Crippen LogP contribution is -2.37.